The van der Waals surface area contributed by atoms with Crippen LogP contribution in [0.2, 0.25) is 0 Å². The molecular formula is C27H36FNO6. The van der Waals surface area contributed by atoms with Crippen LogP contribution in [0.4, 0.5) is 4.39 Å². The van der Waals surface area contributed by atoms with Crippen LogP contribution in [0, 0.1) is 34.5 Å². The van der Waals surface area contributed by atoms with Crippen LogP contribution >= 0.6 is 0 Å². The maximum atomic E-state index is 14.1. The van der Waals surface area contributed by atoms with Crippen molar-refractivity contribution in [3.05, 3.63) is 23.3 Å². The molecule has 0 spiro atoms. The number of carbonyl (C=O) groups is 2. The number of fused-ring (bicyclic) bond motifs is 5. The summed E-state index contributed by atoms with van der Waals surface area (Å²) in [6, 6.07) is -0.886. The molecule has 7 rings (SSSR count). The van der Waals surface area contributed by atoms with E-state index in [1.165, 1.54) is 0 Å². The van der Waals surface area contributed by atoms with Crippen molar-refractivity contribution < 1.29 is 34.0 Å². The number of rotatable bonds is 4. The van der Waals surface area contributed by atoms with Gasteiger partial charge in [0.15, 0.2) is 5.78 Å². The SMILES string of the molecule is CC1=C[C@H]2[C@@]3(O)[C@H](C)C[C@]4(OC(=O)[C@@H](N)C56CC(F)(C5)C6)[C@H]([C@@H]3C=C(CO)C[C@]2(O)C1=O)C4(C)C. The van der Waals surface area contributed by atoms with Crippen LogP contribution in [-0.2, 0) is 14.3 Å². The molecule has 35 heavy (non-hydrogen) atoms. The molecule has 7 aliphatic carbocycles. The van der Waals surface area contributed by atoms with Gasteiger partial charge in [0.2, 0.25) is 0 Å². The van der Waals surface area contributed by atoms with Gasteiger partial charge in [-0.1, -0.05) is 32.9 Å². The third-order valence-electron chi connectivity index (χ3n) is 11.1. The van der Waals surface area contributed by atoms with E-state index in [2.05, 4.69) is 0 Å². The predicted molar refractivity (Wildman–Crippen MR) is 123 cm³/mol. The summed E-state index contributed by atoms with van der Waals surface area (Å²) in [6.45, 7) is 7.16. The molecule has 8 heteroatoms. The molecule has 0 aromatic rings. The molecule has 0 unspecified atom stereocenters. The van der Waals surface area contributed by atoms with E-state index in [1.807, 2.05) is 20.8 Å². The minimum Gasteiger partial charge on any atom is -0.457 e. The number of ketones is 1. The van der Waals surface area contributed by atoms with Crippen LogP contribution in [0.25, 0.3) is 0 Å². The van der Waals surface area contributed by atoms with Crippen molar-refractivity contribution in [3.8, 4) is 0 Å². The molecule has 7 aliphatic rings. The largest absolute Gasteiger partial charge is 0.457 e. The summed E-state index contributed by atoms with van der Waals surface area (Å²) < 4.78 is 20.3. The lowest BCUT2D eigenvalue weighted by Crippen LogP contribution is -2.72. The van der Waals surface area contributed by atoms with E-state index in [0.717, 1.165) is 0 Å². The van der Waals surface area contributed by atoms with Gasteiger partial charge in [0.25, 0.3) is 0 Å². The number of aliphatic hydroxyl groups is 3. The lowest BCUT2D eigenvalue weighted by Gasteiger charge is -2.67. The minimum atomic E-state index is -1.82. The number of aliphatic hydroxyl groups excluding tert-OH is 1. The van der Waals surface area contributed by atoms with Crippen molar-refractivity contribution in [2.24, 2.45) is 40.2 Å². The molecule has 8 atom stereocenters. The van der Waals surface area contributed by atoms with Gasteiger partial charge < -0.3 is 25.8 Å². The Balaban J connectivity index is 1.37. The number of Topliss-reactive ketones (excluding diaryl/α,β-unsaturated/α-hetero) is 1. The Bertz CT molecular complexity index is 1090. The smallest absolute Gasteiger partial charge is 0.324 e. The zero-order chi connectivity index (χ0) is 25.6. The van der Waals surface area contributed by atoms with Gasteiger partial charge in [0.05, 0.1) is 12.2 Å². The number of esters is 1. The van der Waals surface area contributed by atoms with Crippen LogP contribution < -0.4 is 5.73 Å². The number of ether oxygens (including phenoxy) is 1. The number of carbonyl (C=O) groups excluding carboxylic acids is 2. The van der Waals surface area contributed by atoms with Crippen LogP contribution in [0.5, 0.6) is 0 Å². The van der Waals surface area contributed by atoms with Crippen molar-refractivity contribution in [2.75, 3.05) is 6.61 Å². The zero-order valence-electron chi connectivity index (χ0n) is 20.8. The molecule has 0 aromatic carbocycles. The van der Waals surface area contributed by atoms with E-state index < -0.39 is 68.9 Å². The lowest BCUT2D eigenvalue weighted by molar-refractivity contribution is -0.233. The maximum absolute atomic E-state index is 14.1. The fourth-order valence-electron chi connectivity index (χ4n) is 9.16. The van der Waals surface area contributed by atoms with Crippen molar-refractivity contribution in [3.63, 3.8) is 0 Å². The summed E-state index contributed by atoms with van der Waals surface area (Å²) in [5.74, 6) is -3.05. The summed E-state index contributed by atoms with van der Waals surface area (Å²) in [4.78, 5) is 26.3. The van der Waals surface area contributed by atoms with Gasteiger partial charge in [-0.15, -0.1) is 0 Å². The Morgan fingerprint density at radius 1 is 1.26 bits per heavy atom. The monoisotopic (exact) mass is 489 g/mol. The predicted octanol–water partition coefficient (Wildman–Crippen LogP) is 1.73. The second kappa shape index (κ2) is 6.44. The van der Waals surface area contributed by atoms with Crippen molar-refractivity contribution in [1.29, 1.82) is 0 Å². The average Bonchev–Trinajstić information content (AvgIpc) is 3.14. The van der Waals surface area contributed by atoms with Gasteiger partial charge in [-0.2, -0.15) is 0 Å². The van der Waals surface area contributed by atoms with Crippen LogP contribution in [0.1, 0.15) is 59.8 Å². The molecule has 5 N–H and O–H groups in total. The third-order valence-corrected chi connectivity index (χ3v) is 11.1. The van der Waals surface area contributed by atoms with Crippen LogP contribution in [-0.4, -0.2) is 62.2 Å². The first-order valence-corrected chi connectivity index (χ1v) is 12.8. The summed E-state index contributed by atoms with van der Waals surface area (Å²) in [5, 5.41) is 34.0. The number of alkyl halides is 1. The summed E-state index contributed by atoms with van der Waals surface area (Å²) in [6.07, 6.45) is 4.70. The fraction of sp³-hybridized carbons (Fsp3) is 0.778. The quantitative estimate of drug-likeness (QED) is 0.350. The Kier molecular flexibility index (Phi) is 4.37. The molecule has 0 aromatic heterocycles. The highest BCUT2D eigenvalue weighted by molar-refractivity contribution is 6.04. The highest BCUT2D eigenvalue weighted by Crippen LogP contribution is 2.77. The fourth-order valence-corrected chi connectivity index (χ4v) is 9.16. The molecule has 5 saturated carbocycles. The Hall–Kier alpha value is -1.61. The number of hydrogen-bond acceptors (Lipinski definition) is 7. The van der Waals surface area contributed by atoms with E-state index in [9.17, 15) is 29.3 Å². The standard InChI is InChI=1S/C27H36FNO6/c1-13-5-17-25(33,20(13)31)8-15(9-30)6-16-18-22(3,4)26(18,7-14(2)27(16,17)34)35-21(32)19(29)23-10-24(28,11-23)12-23/h5-6,14,16-19,30,33-34H,7-12,29H2,1-4H3/t14-,16+,17-,18-,19-,23?,24?,25-,26+,27-/m1/s1. The van der Waals surface area contributed by atoms with Gasteiger partial charge in [-0.25, -0.2) is 4.39 Å². The molecule has 0 amide bonds. The van der Waals surface area contributed by atoms with Crippen molar-refractivity contribution in [1.82, 2.24) is 0 Å². The first-order chi connectivity index (χ1) is 16.1. The van der Waals surface area contributed by atoms with Gasteiger partial charge in [0, 0.05) is 35.0 Å². The Morgan fingerprint density at radius 2 is 1.89 bits per heavy atom. The zero-order valence-corrected chi connectivity index (χ0v) is 20.8. The van der Waals surface area contributed by atoms with Gasteiger partial charge in [-0.05, 0) is 49.7 Å². The van der Waals surface area contributed by atoms with E-state index in [-0.39, 0.29) is 18.9 Å². The topological polar surface area (TPSA) is 130 Å². The van der Waals surface area contributed by atoms with Crippen LogP contribution in [0.3, 0.4) is 0 Å². The molecule has 0 aliphatic heterocycles. The molecule has 0 heterocycles. The van der Waals surface area contributed by atoms with Crippen molar-refractivity contribution >= 4 is 11.8 Å². The first kappa shape index (κ1) is 23.8. The third kappa shape index (κ3) is 2.55. The Labute approximate surface area is 204 Å². The van der Waals surface area contributed by atoms with Crippen LogP contribution in [0.15, 0.2) is 23.3 Å². The van der Waals surface area contributed by atoms with E-state index in [1.54, 1.807) is 19.1 Å². The highest BCUT2D eigenvalue weighted by Gasteiger charge is 2.83. The molecule has 7 nitrogen and oxygen atoms in total. The van der Waals surface area contributed by atoms with Gasteiger partial charge in [-0.3, -0.25) is 9.59 Å². The molecule has 2 bridgehead atoms. The Morgan fingerprint density at radius 3 is 2.46 bits per heavy atom. The van der Waals surface area contributed by atoms with Gasteiger partial charge in [0.1, 0.15) is 22.9 Å². The number of nitrogens with two attached hydrogens (primary N) is 1. The summed E-state index contributed by atoms with van der Waals surface area (Å²) >= 11 is 0. The van der Waals surface area contributed by atoms with Gasteiger partial charge >= 0.3 is 5.97 Å². The summed E-state index contributed by atoms with van der Waals surface area (Å²) in [7, 11) is 0. The average molecular weight is 490 g/mol. The summed E-state index contributed by atoms with van der Waals surface area (Å²) in [5.41, 5.74) is 0.855. The second-order valence-electron chi connectivity index (χ2n) is 13.3. The number of halogens is 1. The minimum absolute atomic E-state index is 0.0509. The van der Waals surface area contributed by atoms with Crippen molar-refractivity contribution in [2.45, 2.75) is 88.3 Å². The maximum Gasteiger partial charge on any atom is 0.324 e. The van der Waals surface area contributed by atoms with E-state index in [4.69, 9.17) is 10.5 Å². The molecule has 0 saturated heterocycles. The second-order valence-corrected chi connectivity index (χ2v) is 13.3. The molecule has 192 valence electrons. The van der Waals surface area contributed by atoms with E-state index >= 15 is 0 Å². The molecule has 0 radical (unpaired) electrons. The highest BCUT2D eigenvalue weighted by atomic mass is 19.1. The number of hydrogen-bond donors (Lipinski definition) is 4. The normalized spacial score (nSPS) is 53.5. The molecular weight excluding hydrogens is 453 g/mol. The van der Waals surface area contributed by atoms with E-state index in [0.29, 0.717) is 36.8 Å². The molecule has 5 fully saturated rings. The lowest BCUT2D eigenvalue weighted by atomic mass is 9.40. The first-order valence-electron chi connectivity index (χ1n) is 12.8.